The van der Waals surface area contributed by atoms with E-state index in [1.807, 2.05) is 6.20 Å². The highest BCUT2D eigenvalue weighted by Gasteiger charge is 2.29. The van der Waals surface area contributed by atoms with Crippen molar-refractivity contribution in [2.75, 3.05) is 0 Å². The third-order valence-electron chi connectivity index (χ3n) is 8.33. The van der Waals surface area contributed by atoms with Gasteiger partial charge < -0.3 is 4.42 Å². The van der Waals surface area contributed by atoms with Gasteiger partial charge in [-0.15, -0.1) is 0 Å². The molecule has 0 N–H and O–H groups in total. The van der Waals surface area contributed by atoms with Gasteiger partial charge in [-0.25, -0.2) is 0 Å². The van der Waals surface area contributed by atoms with E-state index in [0.717, 1.165) is 42.4 Å². The SMILES string of the molecule is CCC=CC(CC)C1CC=c2c(oc3ccccc23)=C1c1cc(-c2cccc(C(C)(C)CC)c2)ccn1. The number of pyridine rings is 1. The first-order chi connectivity index (χ1) is 18.0. The van der Waals surface area contributed by atoms with Crippen LogP contribution in [0.5, 0.6) is 0 Å². The van der Waals surface area contributed by atoms with E-state index in [9.17, 15) is 0 Å². The van der Waals surface area contributed by atoms with Gasteiger partial charge in [0.25, 0.3) is 0 Å². The second-order valence-electron chi connectivity index (χ2n) is 11.0. The largest absolute Gasteiger partial charge is 0.456 e. The molecule has 190 valence electrons. The van der Waals surface area contributed by atoms with E-state index in [4.69, 9.17) is 9.40 Å². The van der Waals surface area contributed by atoms with E-state index in [1.54, 1.807) is 0 Å². The fourth-order valence-electron chi connectivity index (χ4n) is 5.64. The molecule has 2 atom stereocenters. The van der Waals surface area contributed by atoms with Crippen LogP contribution in [0.2, 0.25) is 0 Å². The number of furan rings is 1. The first-order valence-corrected chi connectivity index (χ1v) is 13.9. The molecule has 2 nitrogen and oxygen atoms in total. The predicted molar refractivity (Wildman–Crippen MR) is 157 cm³/mol. The van der Waals surface area contributed by atoms with Crippen molar-refractivity contribution in [2.24, 2.45) is 11.8 Å². The van der Waals surface area contributed by atoms with E-state index in [1.165, 1.54) is 32.9 Å². The van der Waals surface area contributed by atoms with Crippen molar-refractivity contribution in [2.45, 2.75) is 65.7 Å². The summed E-state index contributed by atoms with van der Waals surface area (Å²) in [6, 6.07) is 21.8. The Balaban J connectivity index is 1.71. The third kappa shape index (κ3) is 4.82. The monoisotopic (exact) mass is 489 g/mol. The Morgan fingerprint density at radius 1 is 1.00 bits per heavy atom. The molecule has 5 rings (SSSR count). The third-order valence-corrected chi connectivity index (χ3v) is 8.33. The normalized spacial score (nSPS) is 16.7. The van der Waals surface area contributed by atoms with E-state index in [-0.39, 0.29) is 5.41 Å². The van der Waals surface area contributed by atoms with Crippen molar-refractivity contribution in [1.82, 2.24) is 4.98 Å². The Kier molecular flexibility index (Phi) is 7.20. The van der Waals surface area contributed by atoms with Crippen LogP contribution < -0.4 is 10.6 Å². The lowest BCUT2D eigenvalue weighted by molar-refractivity contribution is 0.465. The second-order valence-corrected chi connectivity index (χ2v) is 11.0. The number of benzene rings is 2. The van der Waals surface area contributed by atoms with Gasteiger partial charge in [-0.2, -0.15) is 0 Å². The van der Waals surface area contributed by atoms with Crippen molar-refractivity contribution in [3.8, 4) is 11.1 Å². The van der Waals surface area contributed by atoms with Crippen molar-refractivity contribution < 1.29 is 4.42 Å². The second kappa shape index (κ2) is 10.5. The molecule has 37 heavy (non-hydrogen) atoms. The molecule has 0 radical (unpaired) electrons. The van der Waals surface area contributed by atoms with Crippen molar-refractivity contribution in [1.29, 1.82) is 0 Å². The summed E-state index contributed by atoms with van der Waals surface area (Å²) in [6.45, 7) is 11.4. The number of fused-ring (bicyclic) bond motifs is 3. The Labute approximate surface area is 221 Å². The number of rotatable bonds is 8. The molecule has 1 aliphatic rings. The number of para-hydroxylation sites is 1. The zero-order valence-corrected chi connectivity index (χ0v) is 22.9. The molecule has 2 aromatic carbocycles. The maximum Gasteiger partial charge on any atom is 0.140 e. The van der Waals surface area contributed by atoms with Crippen molar-refractivity contribution in [3.63, 3.8) is 0 Å². The summed E-state index contributed by atoms with van der Waals surface area (Å²) in [5.41, 5.74) is 8.18. The van der Waals surface area contributed by atoms with Crippen LogP contribution in [0.15, 0.2) is 83.4 Å². The summed E-state index contributed by atoms with van der Waals surface area (Å²) in [5.74, 6) is 0.765. The highest BCUT2D eigenvalue weighted by molar-refractivity contribution is 5.82. The first kappa shape index (κ1) is 25.3. The highest BCUT2D eigenvalue weighted by Crippen LogP contribution is 2.36. The van der Waals surface area contributed by atoms with E-state index in [2.05, 4.69) is 114 Å². The molecule has 1 aliphatic carbocycles. The summed E-state index contributed by atoms with van der Waals surface area (Å²) in [6.07, 6.45) is 13.3. The molecule has 0 spiro atoms. The summed E-state index contributed by atoms with van der Waals surface area (Å²) in [7, 11) is 0. The van der Waals surface area contributed by atoms with E-state index < -0.39 is 0 Å². The summed E-state index contributed by atoms with van der Waals surface area (Å²) < 4.78 is 6.58. The molecule has 0 bridgehead atoms. The number of hydrogen-bond donors (Lipinski definition) is 0. The van der Waals surface area contributed by atoms with Crippen molar-refractivity contribution >= 4 is 22.6 Å². The molecule has 0 aliphatic heterocycles. The number of nitrogens with zero attached hydrogens (tertiary/aromatic N) is 1. The molecule has 0 amide bonds. The Bertz CT molecular complexity index is 1550. The van der Waals surface area contributed by atoms with Crippen LogP contribution in [-0.2, 0) is 5.41 Å². The lowest BCUT2D eigenvalue weighted by atomic mass is 9.77. The molecule has 0 saturated carbocycles. The summed E-state index contributed by atoms with van der Waals surface area (Å²) >= 11 is 0. The van der Waals surface area contributed by atoms with Gasteiger partial charge in [0, 0.05) is 22.4 Å². The van der Waals surface area contributed by atoms with Gasteiger partial charge in [-0.05, 0) is 77.8 Å². The molecule has 2 heteroatoms. The lowest BCUT2D eigenvalue weighted by Crippen LogP contribution is -2.33. The average Bonchev–Trinajstić information content (AvgIpc) is 3.32. The Morgan fingerprint density at radius 3 is 2.59 bits per heavy atom. The van der Waals surface area contributed by atoms with Gasteiger partial charge in [0.2, 0.25) is 0 Å². The van der Waals surface area contributed by atoms with Crippen LogP contribution in [0.4, 0.5) is 0 Å². The van der Waals surface area contributed by atoms with Gasteiger partial charge in [-0.1, -0.05) is 95.3 Å². The fourth-order valence-corrected chi connectivity index (χ4v) is 5.64. The molecular weight excluding hydrogens is 450 g/mol. The van der Waals surface area contributed by atoms with Crippen molar-refractivity contribution in [3.05, 3.63) is 101 Å². The van der Waals surface area contributed by atoms with Crippen LogP contribution >= 0.6 is 0 Å². The van der Waals surface area contributed by atoms with Crippen LogP contribution in [0.1, 0.15) is 71.6 Å². The molecular formula is C35H39NO. The molecule has 4 aromatic rings. The number of allylic oxidation sites excluding steroid dienone is 2. The Hall–Kier alpha value is -3.39. The summed E-state index contributed by atoms with van der Waals surface area (Å²) in [4.78, 5) is 4.96. The smallest absolute Gasteiger partial charge is 0.140 e. The summed E-state index contributed by atoms with van der Waals surface area (Å²) in [5, 5.41) is 2.41. The first-order valence-electron chi connectivity index (χ1n) is 13.9. The van der Waals surface area contributed by atoms with Gasteiger partial charge in [-0.3, -0.25) is 4.98 Å². The quantitative estimate of drug-likeness (QED) is 0.233. The molecule has 2 unspecified atom stereocenters. The van der Waals surface area contributed by atoms with Gasteiger partial charge in [0.1, 0.15) is 11.0 Å². The van der Waals surface area contributed by atoms with Crippen LogP contribution in [-0.4, -0.2) is 4.98 Å². The number of hydrogen-bond acceptors (Lipinski definition) is 2. The average molecular weight is 490 g/mol. The minimum atomic E-state index is 0.147. The van der Waals surface area contributed by atoms with Gasteiger partial charge in [0.15, 0.2) is 0 Å². The van der Waals surface area contributed by atoms with Crippen LogP contribution in [0.25, 0.3) is 33.7 Å². The zero-order valence-electron chi connectivity index (χ0n) is 22.9. The highest BCUT2D eigenvalue weighted by atomic mass is 16.3. The Morgan fingerprint density at radius 2 is 1.81 bits per heavy atom. The molecule has 2 heterocycles. The molecule has 0 fully saturated rings. The minimum Gasteiger partial charge on any atom is -0.456 e. The maximum atomic E-state index is 6.58. The van der Waals surface area contributed by atoms with Crippen LogP contribution in [0, 0.1) is 11.8 Å². The lowest BCUT2D eigenvalue weighted by Gasteiger charge is -2.27. The fraction of sp³-hybridized carbons (Fsp3) is 0.343. The van der Waals surface area contributed by atoms with E-state index >= 15 is 0 Å². The van der Waals surface area contributed by atoms with Gasteiger partial charge in [0.05, 0.1) is 5.69 Å². The standard InChI is InChI=1S/C35H39NO/c1-6-9-13-24(7-2)28-18-19-30-29-16-10-11-17-32(29)37-34(30)33(28)31-23-26(20-21-36-31)25-14-12-15-27(22-25)35(4,5)8-3/h9-17,19-24,28H,6-8,18H2,1-5H3. The zero-order chi connectivity index (χ0) is 26.0. The topological polar surface area (TPSA) is 26.0 Å². The van der Waals surface area contributed by atoms with E-state index in [0.29, 0.717) is 11.8 Å². The number of aromatic nitrogens is 1. The molecule has 2 aromatic heterocycles. The molecule has 0 saturated heterocycles. The van der Waals surface area contributed by atoms with Crippen LogP contribution in [0.3, 0.4) is 0 Å². The maximum absolute atomic E-state index is 6.58. The minimum absolute atomic E-state index is 0.147. The van der Waals surface area contributed by atoms with Gasteiger partial charge >= 0.3 is 0 Å². The predicted octanol–water partition coefficient (Wildman–Crippen LogP) is 8.17.